The van der Waals surface area contributed by atoms with Crippen molar-refractivity contribution in [3.63, 3.8) is 0 Å². The maximum atomic E-state index is 7.36. The maximum Gasteiger partial charge on any atom is 0.502 e. The molecule has 1 saturated carbocycles. The molecule has 2 aliphatic rings. The first-order chi connectivity index (χ1) is 10.5. The van der Waals surface area contributed by atoms with Gasteiger partial charge in [0.05, 0.1) is 33.5 Å². The molecule has 1 saturated heterocycles. The number of aromatic nitrogens is 2. The van der Waals surface area contributed by atoms with E-state index in [-0.39, 0.29) is 11.8 Å². The van der Waals surface area contributed by atoms with E-state index >= 15 is 0 Å². The topological polar surface area (TPSA) is 53.5 Å². The lowest BCUT2D eigenvalue weighted by Gasteiger charge is -2.32. The summed E-state index contributed by atoms with van der Waals surface area (Å²) in [5.74, 6) is 0.298. The summed E-state index contributed by atoms with van der Waals surface area (Å²) in [6.45, 7) is 7.77. The fourth-order valence-corrected chi connectivity index (χ4v) is 2.34. The molecule has 5 nitrogen and oxygen atoms in total. The molecule has 0 bridgehead atoms. The standard InChI is InChI=1S/C14H21BN2O3/c1-13(2)14(3,4)20-15(19-13)10-11(9-6-7-9)16-8-17-12(10)18-5/h8-9H,6-7H2,1-5H3/i5D3. The predicted molar refractivity (Wildman–Crippen MR) is 76.3 cm³/mol. The Balaban J connectivity index is 2.03. The molecule has 0 spiro atoms. The number of hydrogen-bond acceptors (Lipinski definition) is 5. The van der Waals surface area contributed by atoms with Crippen molar-refractivity contribution < 1.29 is 18.2 Å². The van der Waals surface area contributed by atoms with E-state index in [1.54, 1.807) is 0 Å². The third-order valence-corrected chi connectivity index (χ3v) is 4.43. The van der Waals surface area contributed by atoms with Crippen LogP contribution < -0.4 is 10.2 Å². The van der Waals surface area contributed by atoms with Gasteiger partial charge in [0.25, 0.3) is 0 Å². The Hall–Kier alpha value is -1.14. The summed E-state index contributed by atoms with van der Waals surface area (Å²) in [5.41, 5.74) is 0.194. The highest BCUT2D eigenvalue weighted by atomic mass is 16.7. The summed E-state index contributed by atoms with van der Waals surface area (Å²) in [7, 11) is -3.33. The Morgan fingerprint density at radius 3 is 2.45 bits per heavy atom. The van der Waals surface area contributed by atoms with Gasteiger partial charge in [-0.15, -0.1) is 0 Å². The lowest BCUT2D eigenvalue weighted by Crippen LogP contribution is -2.41. The van der Waals surface area contributed by atoms with E-state index in [0.29, 0.717) is 5.46 Å². The van der Waals surface area contributed by atoms with Crippen LogP contribution in [0.15, 0.2) is 6.33 Å². The lowest BCUT2D eigenvalue weighted by molar-refractivity contribution is 0.00578. The molecule has 2 heterocycles. The van der Waals surface area contributed by atoms with E-state index in [1.165, 1.54) is 6.33 Å². The van der Waals surface area contributed by atoms with Gasteiger partial charge in [-0.1, -0.05) is 0 Å². The second kappa shape index (κ2) is 4.43. The molecule has 6 heteroatoms. The molecule has 1 aromatic rings. The van der Waals surface area contributed by atoms with Gasteiger partial charge < -0.3 is 14.0 Å². The summed E-state index contributed by atoms with van der Waals surface area (Å²) in [5, 5.41) is 0. The van der Waals surface area contributed by atoms with Gasteiger partial charge in [-0.05, 0) is 40.5 Å². The van der Waals surface area contributed by atoms with Gasteiger partial charge in [0.15, 0.2) is 0 Å². The number of rotatable bonds is 3. The minimum absolute atomic E-state index is 0.0143. The van der Waals surface area contributed by atoms with Gasteiger partial charge in [-0.3, -0.25) is 0 Å². The molecule has 1 aliphatic heterocycles. The van der Waals surface area contributed by atoms with Crippen LogP contribution in [0.1, 0.15) is 56.3 Å². The average Bonchev–Trinajstić information content (AvgIpc) is 3.15. The molecule has 0 radical (unpaired) electrons. The van der Waals surface area contributed by atoms with E-state index in [0.717, 1.165) is 18.5 Å². The first-order valence-electron chi connectivity index (χ1n) is 8.40. The van der Waals surface area contributed by atoms with E-state index in [1.807, 2.05) is 27.7 Å². The average molecular weight is 279 g/mol. The van der Waals surface area contributed by atoms with Crippen molar-refractivity contribution in [2.75, 3.05) is 7.04 Å². The largest absolute Gasteiger partial charge is 0.502 e. The van der Waals surface area contributed by atoms with Crippen LogP contribution in [0.25, 0.3) is 0 Å². The molecule has 1 aromatic heterocycles. The Kier molecular flexibility index (Phi) is 2.34. The van der Waals surface area contributed by atoms with Crippen molar-refractivity contribution in [3.8, 4) is 5.88 Å². The van der Waals surface area contributed by atoms with Gasteiger partial charge in [-0.25, -0.2) is 9.97 Å². The molecule has 0 atom stereocenters. The van der Waals surface area contributed by atoms with Crippen LogP contribution in [0.5, 0.6) is 5.88 Å². The molecule has 108 valence electrons. The van der Waals surface area contributed by atoms with Gasteiger partial charge in [0.1, 0.15) is 6.33 Å². The fourth-order valence-electron chi connectivity index (χ4n) is 2.34. The molecule has 20 heavy (non-hydrogen) atoms. The van der Waals surface area contributed by atoms with Gasteiger partial charge >= 0.3 is 7.12 Å². The van der Waals surface area contributed by atoms with Crippen molar-refractivity contribution >= 4 is 12.6 Å². The zero-order chi connectivity index (χ0) is 17.0. The molecule has 0 unspecified atom stereocenters. The van der Waals surface area contributed by atoms with Crippen molar-refractivity contribution in [2.45, 2.75) is 57.7 Å². The normalized spacial score (nSPS) is 26.8. The Morgan fingerprint density at radius 1 is 1.25 bits per heavy atom. The van der Waals surface area contributed by atoms with Crippen molar-refractivity contribution in [1.29, 1.82) is 0 Å². The third-order valence-electron chi connectivity index (χ3n) is 4.43. The molecule has 3 rings (SSSR count). The smallest absolute Gasteiger partial charge is 0.481 e. The van der Waals surface area contributed by atoms with Gasteiger partial charge in [0, 0.05) is 5.92 Å². The highest BCUT2D eigenvalue weighted by Gasteiger charge is 2.54. The van der Waals surface area contributed by atoms with E-state index in [4.69, 9.17) is 18.2 Å². The number of hydrogen-bond donors (Lipinski definition) is 0. The highest BCUT2D eigenvalue weighted by molar-refractivity contribution is 6.63. The van der Waals surface area contributed by atoms with Crippen LogP contribution in [-0.2, 0) is 9.31 Å². The van der Waals surface area contributed by atoms with Crippen molar-refractivity contribution in [2.24, 2.45) is 0 Å². The number of methoxy groups -OCH3 is 1. The first-order valence-corrected chi connectivity index (χ1v) is 6.90. The number of ether oxygens (including phenoxy) is 1. The molecule has 0 aromatic carbocycles. The quantitative estimate of drug-likeness (QED) is 0.788. The second-order valence-corrected chi connectivity index (χ2v) is 6.44. The fraction of sp³-hybridized carbons (Fsp3) is 0.714. The van der Waals surface area contributed by atoms with Crippen LogP contribution in [-0.4, -0.2) is 35.3 Å². The molecular formula is C14H21BN2O3. The molecule has 1 aliphatic carbocycles. The molecule has 2 fully saturated rings. The Bertz CT molecular complexity index is 602. The number of nitrogens with zero attached hydrogens (tertiary/aromatic N) is 2. The summed E-state index contributed by atoms with van der Waals surface area (Å²) >= 11 is 0. The Morgan fingerprint density at radius 2 is 1.90 bits per heavy atom. The van der Waals surface area contributed by atoms with Crippen LogP contribution >= 0.6 is 0 Å². The molecule has 0 N–H and O–H groups in total. The first kappa shape index (κ1) is 10.6. The van der Waals surface area contributed by atoms with Gasteiger partial charge in [0.2, 0.25) is 5.88 Å². The second-order valence-electron chi connectivity index (χ2n) is 6.44. The Labute approximate surface area is 124 Å². The van der Waals surface area contributed by atoms with Crippen molar-refractivity contribution in [3.05, 3.63) is 12.0 Å². The minimum Gasteiger partial charge on any atom is -0.481 e. The summed E-state index contributed by atoms with van der Waals surface area (Å²) < 4.78 is 39.3. The third kappa shape index (κ3) is 2.11. The monoisotopic (exact) mass is 279 g/mol. The van der Waals surface area contributed by atoms with Crippen molar-refractivity contribution in [1.82, 2.24) is 9.97 Å². The summed E-state index contributed by atoms with van der Waals surface area (Å²) in [4.78, 5) is 8.36. The summed E-state index contributed by atoms with van der Waals surface area (Å²) in [6.07, 6.45) is 3.36. The van der Waals surface area contributed by atoms with Crippen LogP contribution in [0, 0.1) is 0 Å². The molecule has 0 amide bonds. The van der Waals surface area contributed by atoms with Crippen LogP contribution in [0.3, 0.4) is 0 Å². The predicted octanol–water partition coefficient (Wildman–Crippen LogP) is 1.66. The lowest BCUT2D eigenvalue weighted by atomic mass is 9.77. The molecular weight excluding hydrogens is 255 g/mol. The van der Waals surface area contributed by atoms with Crippen LogP contribution in [0.2, 0.25) is 0 Å². The van der Waals surface area contributed by atoms with E-state index in [2.05, 4.69) is 9.97 Å². The van der Waals surface area contributed by atoms with Gasteiger partial charge in [-0.2, -0.15) is 0 Å². The minimum atomic E-state index is -2.59. The zero-order valence-corrected chi connectivity index (χ0v) is 12.3. The SMILES string of the molecule is [2H]C([2H])([2H])Oc1ncnc(C2CC2)c1B1OC(C)(C)C(C)(C)O1. The zero-order valence-electron chi connectivity index (χ0n) is 15.3. The van der Waals surface area contributed by atoms with E-state index < -0.39 is 25.4 Å². The summed E-state index contributed by atoms with van der Waals surface area (Å²) in [6, 6.07) is 0. The van der Waals surface area contributed by atoms with Crippen LogP contribution in [0.4, 0.5) is 0 Å². The highest BCUT2D eigenvalue weighted by Crippen LogP contribution is 2.41. The van der Waals surface area contributed by atoms with E-state index in [9.17, 15) is 0 Å². The maximum absolute atomic E-state index is 7.36.